The van der Waals surface area contributed by atoms with E-state index in [1.165, 1.54) is 0 Å². The van der Waals surface area contributed by atoms with Gasteiger partial charge in [-0.2, -0.15) is 5.10 Å². The zero-order valence-electron chi connectivity index (χ0n) is 15.7. The molecule has 5 heteroatoms. The van der Waals surface area contributed by atoms with Gasteiger partial charge in [0.05, 0.1) is 17.9 Å². The summed E-state index contributed by atoms with van der Waals surface area (Å²) in [5.41, 5.74) is 6.02. The zero-order valence-corrected chi connectivity index (χ0v) is 15.7. The summed E-state index contributed by atoms with van der Waals surface area (Å²) in [6.07, 6.45) is 0. The van der Waals surface area contributed by atoms with Gasteiger partial charge in [0.15, 0.2) is 0 Å². The molecule has 1 heterocycles. The maximum absolute atomic E-state index is 12.5. The van der Waals surface area contributed by atoms with Crippen LogP contribution in [-0.4, -0.2) is 27.8 Å². The molecule has 0 saturated carbocycles. The molecule has 0 bridgehead atoms. The monoisotopic (exact) mass is 348 g/mol. The van der Waals surface area contributed by atoms with Crippen molar-refractivity contribution in [3.8, 4) is 5.69 Å². The number of hydrogen-bond donors (Lipinski definition) is 1. The zero-order chi connectivity index (χ0) is 18.7. The molecule has 2 aromatic carbocycles. The van der Waals surface area contributed by atoms with Gasteiger partial charge in [0, 0.05) is 24.0 Å². The molecule has 1 N–H and O–H groups in total. The lowest BCUT2D eigenvalue weighted by atomic mass is 10.2. The molecular formula is C21H24N4O. The minimum atomic E-state index is -0.139. The molecule has 0 unspecified atom stereocenters. The van der Waals surface area contributed by atoms with Crippen molar-refractivity contribution >= 4 is 11.7 Å². The highest BCUT2D eigenvalue weighted by Crippen LogP contribution is 2.19. The van der Waals surface area contributed by atoms with Crippen LogP contribution in [-0.2, 0) is 6.54 Å². The van der Waals surface area contributed by atoms with Gasteiger partial charge in [-0.25, -0.2) is 9.48 Å². The number of amides is 2. The molecule has 1 aromatic heterocycles. The van der Waals surface area contributed by atoms with Crippen LogP contribution in [0.4, 0.5) is 10.5 Å². The normalized spacial score (nSPS) is 10.6. The molecular weight excluding hydrogens is 324 g/mol. The number of rotatable bonds is 4. The van der Waals surface area contributed by atoms with Gasteiger partial charge in [-0.1, -0.05) is 35.9 Å². The van der Waals surface area contributed by atoms with Crippen molar-refractivity contribution in [2.45, 2.75) is 27.3 Å². The van der Waals surface area contributed by atoms with E-state index < -0.39 is 0 Å². The maximum atomic E-state index is 12.5. The summed E-state index contributed by atoms with van der Waals surface area (Å²) >= 11 is 0. The minimum Gasteiger partial charge on any atom is -0.323 e. The summed E-state index contributed by atoms with van der Waals surface area (Å²) in [4.78, 5) is 14.2. The number of hydrogen-bond acceptors (Lipinski definition) is 2. The van der Waals surface area contributed by atoms with E-state index in [-0.39, 0.29) is 6.03 Å². The fourth-order valence-electron chi connectivity index (χ4n) is 2.89. The second-order valence-electron chi connectivity index (χ2n) is 6.55. The third-order valence-corrected chi connectivity index (χ3v) is 4.49. The molecule has 0 saturated heterocycles. The summed E-state index contributed by atoms with van der Waals surface area (Å²) < 4.78 is 1.93. The van der Waals surface area contributed by atoms with Crippen molar-refractivity contribution in [3.05, 3.63) is 77.1 Å². The van der Waals surface area contributed by atoms with Crippen molar-refractivity contribution in [3.63, 3.8) is 0 Å². The number of benzene rings is 2. The molecule has 2 amide bonds. The number of carbonyl (C=O) groups excluding carboxylic acids is 1. The smallest absolute Gasteiger partial charge is 0.321 e. The number of carbonyl (C=O) groups is 1. The van der Waals surface area contributed by atoms with Gasteiger partial charge in [-0.05, 0) is 45.0 Å². The van der Waals surface area contributed by atoms with Crippen LogP contribution in [0.1, 0.15) is 22.5 Å². The number of aryl methyl sites for hydroxylation is 2. The van der Waals surface area contributed by atoms with Crippen molar-refractivity contribution in [1.82, 2.24) is 14.7 Å². The van der Waals surface area contributed by atoms with Crippen LogP contribution in [0.3, 0.4) is 0 Å². The lowest BCUT2D eigenvalue weighted by Crippen LogP contribution is -2.31. The van der Waals surface area contributed by atoms with E-state index in [0.29, 0.717) is 6.54 Å². The number of urea groups is 1. The van der Waals surface area contributed by atoms with Gasteiger partial charge in [-0.15, -0.1) is 0 Å². The van der Waals surface area contributed by atoms with E-state index in [1.807, 2.05) is 80.1 Å². The summed E-state index contributed by atoms with van der Waals surface area (Å²) in [7, 11) is 1.79. The number of para-hydroxylation sites is 1. The summed E-state index contributed by atoms with van der Waals surface area (Å²) in [5, 5.41) is 7.57. The van der Waals surface area contributed by atoms with Gasteiger partial charge < -0.3 is 10.2 Å². The largest absolute Gasteiger partial charge is 0.323 e. The van der Waals surface area contributed by atoms with Gasteiger partial charge in [0.2, 0.25) is 0 Å². The van der Waals surface area contributed by atoms with Crippen LogP contribution >= 0.6 is 0 Å². The molecule has 0 aliphatic carbocycles. The van der Waals surface area contributed by atoms with Gasteiger partial charge in [0.25, 0.3) is 0 Å². The molecule has 26 heavy (non-hydrogen) atoms. The first-order valence-corrected chi connectivity index (χ1v) is 8.65. The Balaban J connectivity index is 1.75. The predicted molar refractivity (Wildman–Crippen MR) is 105 cm³/mol. The highest BCUT2D eigenvalue weighted by molar-refractivity contribution is 5.89. The van der Waals surface area contributed by atoms with Gasteiger partial charge in [-0.3, -0.25) is 0 Å². The van der Waals surface area contributed by atoms with Crippen molar-refractivity contribution in [2.75, 3.05) is 12.4 Å². The first kappa shape index (κ1) is 17.7. The molecule has 0 radical (unpaired) electrons. The molecule has 3 aromatic rings. The molecule has 5 nitrogen and oxygen atoms in total. The second kappa shape index (κ2) is 7.44. The molecule has 0 atom stereocenters. The highest BCUT2D eigenvalue weighted by atomic mass is 16.2. The van der Waals surface area contributed by atoms with E-state index >= 15 is 0 Å². The first-order chi connectivity index (χ1) is 12.5. The third-order valence-electron chi connectivity index (χ3n) is 4.49. The number of nitrogens with zero attached hydrogens (tertiary/aromatic N) is 3. The Morgan fingerprint density at radius 1 is 1.04 bits per heavy atom. The Hall–Kier alpha value is -3.08. The van der Waals surface area contributed by atoms with E-state index in [4.69, 9.17) is 0 Å². The summed E-state index contributed by atoms with van der Waals surface area (Å²) in [6, 6.07) is 17.7. The molecule has 0 spiro atoms. The van der Waals surface area contributed by atoms with Gasteiger partial charge in [0.1, 0.15) is 0 Å². The Bertz CT molecular complexity index is 898. The van der Waals surface area contributed by atoms with E-state index in [0.717, 1.165) is 33.9 Å². The Labute approximate surface area is 154 Å². The molecule has 0 aliphatic rings. The Morgan fingerprint density at radius 3 is 2.35 bits per heavy atom. The maximum Gasteiger partial charge on any atom is 0.321 e. The van der Waals surface area contributed by atoms with Crippen LogP contribution in [0.2, 0.25) is 0 Å². The molecule has 0 aliphatic heterocycles. The van der Waals surface area contributed by atoms with Crippen LogP contribution in [0.5, 0.6) is 0 Å². The van der Waals surface area contributed by atoms with Gasteiger partial charge >= 0.3 is 6.03 Å². The molecule has 3 rings (SSSR count). The fourth-order valence-corrected chi connectivity index (χ4v) is 2.89. The van der Waals surface area contributed by atoms with Crippen LogP contribution < -0.4 is 5.32 Å². The lowest BCUT2D eigenvalue weighted by Gasteiger charge is -2.18. The van der Waals surface area contributed by atoms with Crippen molar-refractivity contribution in [2.24, 2.45) is 0 Å². The predicted octanol–water partition coefficient (Wildman–Crippen LogP) is 4.46. The van der Waals surface area contributed by atoms with Crippen LogP contribution in [0.15, 0.2) is 54.6 Å². The number of aromatic nitrogens is 2. The highest BCUT2D eigenvalue weighted by Gasteiger charge is 2.17. The molecule has 0 fully saturated rings. The van der Waals surface area contributed by atoms with Crippen LogP contribution in [0.25, 0.3) is 5.69 Å². The van der Waals surface area contributed by atoms with E-state index in [1.54, 1.807) is 11.9 Å². The quantitative estimate of drug-likeness (QED) is 0.757. The second-order valence-corrected chi connectivity index (χ2v) is 6.55. The fraction of sp³-hybridized carbons (Fsp3) is 0.238. The van der Waals surface area contributed by atoms with Crippen molar-refractivity contribution in [1.29, 1.82) is 0 Å². The average Bonchev–Trinajstić information content (AvgIpc) is 2.92. The summed E-state index contributed by atoms with van der Waals surface area (Å²) in [5.74, 6) is 0. The Kier molecular flexibility index (Phi) is 5.07. The first-order valence-electron chi connectivity index (χ1n) is 8.65. The average molecular weight is 348 g/mol. The van der Waals surface area contributed by atoms with Crippen LogP contribution in [0, 0.1) is 20.8 Å². The minimum absolute atomic E-state index is 0.139. The summed E-state index contributed by atoms with van der Waals surface area (Å²) in [6.45, 7) is 6.54. The Morgan fingerprint density at radius 2 is 1.69 bits per heavy atom. The third kappa shape index (κ3) is 3.77. The lowest BCUT2D eigenvalue weighted by molar-refractivity contribution is 0.220. The standard InChI is InChI=1S/C21H24N4O/c1-15-10-12-18(13-11-15)22-21(26)24(4)14-20-16(2)23-25(17(20)3)19-8-6-5-7-9-19/h5-13H,14H2,1-4H3,(H,22,26). The van der Waals surface area contributed by atoms with Crippen molar-refractivity contribution < 1.29 is 4.79 Å². The number of anilines is 1. The molecule has 134 valence electrons. The topological polar surface area (TPSA) is 50.2 Å². The number of nitrogens with one attached hydrogen (secondary N) is 1. The van der Waals surface area contributed by atoms with E-state index in [2.05, 4.69) is 10.4 Å². The SMILES string of the molecule is Cc1ccc(NC(=O)N(C)Cc2c(C)nn(-c3ccccc3)c2C)cc1. The van der Waals surface area contributed by atoms with E-state index in [9.17, 15) is 4.79 Å².